The second-order valence-corrected chi connectivity index (χ2v) is 4.11. The molecule has 0 spiro atoms. The Kier molecular flexibility index (Phi) is 5.01. The molecule has 1 aromatic rings. The van der Waals surface area contributed by atoms with Crippen LogP contribution in [-0.4, -0.2) is 44.5 Å². The van der Waals surface area contributed by atoms with Crippen molar-refractivity contribution in [1.29, 1.82) is 0 Å². The third-order valence-electron chi connectivity index (χ3n) is 2.54. The Hall–Kier alpha value is -2.64. The number of non-ortho nitro benzene ring substituents is 1. The Morgan fingerprint density at radius 2 is 2.05 bits per heavy atom. The zero-order chi connectivity index (χ0) is 15.3. The highest BCUT2D eigenvalue weighted by molar-refractivity contribution is 6.01. The van der Waals surface area contributed by atoms with Gasteiger partial charge >= 0.3 is 5.97 Å². The van der Waals surface area contributed by atoms with Gasteiger partial charge in [-0.1, -0.05) is 0 Å². The molecule has 0 fully saturated rings. The van der Waals surface area contributed by atoms with Gasteiger partial charge in [0.15, 0.2) is 0 Å². The van der Waals surface area contributed by atoms with Crippen LogP contribution >= 0.6 is 0 Å². The number of esters is 1. The Balaban J connectivity index is 3.06. The van der Waals surface area contributed by atoms with Crippen LogP contribution in [0.25, 0.3) is 0 Å². The number of carbonyl (C=O) groups is 2. The van der Waals surface area contributed by atoms with Crippen molar-refractivity contribution in [3.05, 3.63) is 33.9 Å². The number of carbonyl (C=O) groups excluding carboxylic acids is 2. The predicted molar refractivity (Wildman–Crippen MR) is 71.8 cm³/mol. The average molecular weight is 281 g/mol. The van der Waals surface area contributed by atoms with E-state index >= 15 is 0 Å². The lowest BCUT2D eigenvalue weighted by atomic mass is 10.1. The third kappa shape index (κ3) is 3.67. The largest absolute Gasteiger partial charge is 0.468 e. The normalized spacial score (nSPS) is 9.75. The molecule has 1 amide bonds. The molecule has 20 heavy (non-hydrogen) atoms. The molecule has 1 N–H and O–H groups in total. The zero-order valence-corrected chi connectivity index (χ0v) is 11.4. The van der Waals surface area contributed by atoms with E-state index in [1.54, 1.807) is 19.0 Å². The van der Waals surface area contributed by atoms with Crippen LogP contribution in [0.1, 0.15) is 10.4 Å². The van der Waals surface area contributed by atoms with Crippen LogP contribution in [0.15, 0.2) is 18.2 Å². The molecule has 1 aromatic carbocycles. The number of anilines is 1. The van der Waals surface area contributed by atoms with Gasteiger partial charge in [-0.2, -0.15) is 0 Å². The molecule has 0 aliphatic carbocycles. The molecule has 1 rings (SSSR count). The fraction of sp³-hybridized carbons (Fsp3) is 0.333. The van der Waals surface area contributed by atoms with E-state index in [2.05, 4.69) is 10.1 Å². The lowest BCUT2D eigenvalue weighted by Gasteiger charge is -2.16. The first-order valence-electron chi connectivity index (χ1n) is 5.67. The lowest BCUT2D eigenvalue weighted by Crippen LogP contribution is -2.31. The summed E-state index contributed by atoms with van der Waals surface area (Å²) >= 11 is 0. The Labute approximate surface area is 115 Å². The second-order valence-electron chi connectivity index (χ2n) is 4.11. The number of amides is 1. The number of hydrogen-bond acceptors (Lipinski definition) is 6. The maximum absolute atomic E-state index is 12.0. The topological polar surface area (TPSA) is 102 Å². The van der Waals surface area contributed by atoms with Crippen molar-refractivity contribution in [3.63, 3.8) is 0 Å². The summed E-state index contributed by atoms with van der Waals surface area (Å²) in [6.45, 7) is -0.301. The maximum Gasteiger partial charge on any atom is 0.325 e. The molecule has 0 aliphatic heterocycles. The van der Waals surface area contributed by atoms with Crippen LogP contribution in [0.4, 0.5) is 11.4 Å². The monoisotopic (exact) mass is 281 g/mol. The highest BCUT2D eigenvalue weighted by Gasteiger charge is 2.18. The number of nitrogens with zero attached hydrogens (tertiary/aromatic N) is 2. The van der Waals surface area contributed by atoms with Crippen LogP contribution in [0, 0.1) is 10.1 Å². The number of nitro benzene ring substituents is 1. The summed E-state index contributed by atoms with van der Waals surface area (Å²) in [7, 11) is 4.61. The van der Waals surface area contributed by atoms with Crippen molar-refractivity contribution in [1.82, 2.24) is 5.32 Å². The predicted octanol–water partition coefficient (Wildman–Crippen LogP) is 0.564. The molecule has 0 saturated carbocycles. The zero-order valence-electron chi connectivity index (χ0n) is 11.4. The fourth-order valence-electron chi connectivity index (χ4n) is 1.53. The molecule has 0 saturated heterocycles. The summed E-state index contributed by atoms with van der Waals surface area (Å²) in [5.41, 5.74) is 0.435. The molecule has 0 aliphatic rings. The van der Waals surface area contributed by atoms with Crippen LogP contribution < -0.4 is 10.2 Å². The van der Waals surface area contributed by atoms with E-state index < -0.39 is 16.8 Å². The second kappa shape index (κ2) is 6.50. The van der Waals surface area contributed by atoms with Gasteiger partial charge in [0.05, 0.1) is 17.6 Å². The number of nitro groups is 1. The average Bonchev–Trinajstić information content (AvgIpc) is 2.43. The number of nitrogens with one attached hydrogen (secondary N) is 1. The summed E-state index contributed by atoms with van der Waals surface area (Å²) < 4.78 is 4.40. The molecular weight excluding hydrogens is 266 g/mol. The number of ether oxygens (including phenoxy) is 1. The number of hydrogen-bond donors (Lipinski definition) is 1. The molecule has 8 nitrogen and oxygen atoms in total. The molecule has 8 heteroatoms. The Morgan fingerprint density at radius 1 is 1.40 bits per heavy atom. The first-order chi connectivity index (χ1) is 9.36. The van der Waals surface area contributed by atoms with Crippen molar-refractivity contribution in [2.24, 2.45) is 0 Å². The van der Waals surface area contributed by atoms with E-state index in [-0.39, 0.29) is 17.8 Å². The highest BCUT2D eigenvalue weighted by Crippen LogP contribution is 2.24. The molecule has 0 unspecified atom stereocenters. The minimum Gasteiger partial charge on any atom is -0.468 e. The van der Waals surface area contributed by atoms with Gasteiger partial charge in [-0.05, 0) is 6.07 Å². The van der Waals surface area contributed by atoms with Gasteiger partial charge in [-0.25, -0.2) is 0 Å². The Morgan fingerprint density at radius 3 is 2.55 bits per heavy atom. The number of benzene rings is 1. The van der Waals surface area contributed by atoms with Gasteiger partial charge in [0, 0.05) is 31.9 Å². The van der Waals surface area contributed by atoms with E-state index in [0.29, 0.717) is 5.69 Å². The van der Waals surface area contributed by atoms with Gasteiger partial charge in [-0.15, -0.1) is 0 Å². The molecule has 108 valence electrons. The van der Waals surface area contributed by atoms with Gasteiger partial charge in [0.2, 0.25) is 0 Å². The smallest absolute Gasteiger partial charge is 0.325 e. The van der Waals surface area contributed by atoms with Crippen molar-refractivity contribution < 1.29 is 19.2 Å². The lowest BCUT2D eigenvalue weighted by molar-refractivity contribution is -0.384. The van der Waals surface area contributed by atoms with Crippen molar-refractivity contribution in [2.75, 3.05) is 32.6 Å². The van der Waals surface area contributed by atoms with Crippen LogP contribution in [0.5, 0.6) is 0 Å². The quantitative estimate of drug-likeness (QED) is 0.481. The summed E-state index contributed by atoms with van der Waals surface area (Å²) in [5.74, 6) is -1.18. The number of rotatable bonds is 5. The van der Waals surface area contributed by atoms with E-state index in [0.717, 1.165) is 0 Å². The van der Waals surface area contributed by atoms with Crippen LogP contribution in [-0.2, 0) is 9.53 Å². The van der Waals surface area contributed by atoms with Crippen molar-refractivity contribution >= 4 is 23.3 Å². The maximum atomic E-state index is 12.0. The van der Waals surface area contributed by atoms with Gasteiger partial charge < -0.3 is 15.0 Å². The minimum atomic E-state index is -0.602. The molecule has 0 radical (unpaired) electrons. The van der Waals surface area contributed by atoms with Gasteiger partial charge in [0.25, 0.3) is 11.6 Å². The number of methoxy groups -OCH3 is 1. The summed E-state index contributed by atoms with van der Waals surface area (Å²) in [4.78, 5) is 34.8. The van der Waals surface area contributed by atoms with E-state index in [1.807, 2.05) is 0 Å². The van der Waals surface area contributed by atoms with Crippen molar-refractivity contribution in [2.45, 2.75) is 0 Å². The third-order valence-corrected chi connectivity index (χ3v) is 2.54. The van der Waals surface area contributed by atoms with Crippen molar-refractivity contribution in [3.8, 4) is 0 Å². The van der Waals surface area contributed by atoms with Gasteiger partial charge in [-0.3, -0.25) is 19.7 Å². The fourth-order valence-corrected chi connectivity index (χ4v) is 1.53. The van der Waals surface area contributed by atoms with E-state index in [4.69, 9.17) is 0 Å². The molecule has 0 bridgehead atoms. The highest BCUT2D eigenvalue weighted by atomic mass is 16.6. The first kappa shape index (κ1) is 15.4. The van der Waals surface area contributed by atoms with E-state index in [1.165, 1.54) is 25.3 Å². The summed E-state index contributed by atoms with van der Waals surface area (Å²) in [5, 5.41) is 13.1. The van der Waals surface area contributed by atoms with Gasteiger partial charge in [0.1, 0.15) is 6.54 Å². The summed E-state index contributed by atoms with van der Waals surface area (Å²) in [6.07, 6.45) is 0. The Bertz CT molecular complexity index is 542. The standard InChI is InChI=1S/C12H15N3O5/c1-14(2)10-5-4-8(15(18)19)6-9(10)12(17)13-7-11(16)20-3/h4-6H,7H2,1-3H3,(H,13,17). The van der Waals surface area contributed by atoms with Crippen LogP contribution in [0.3, 0.4) is 0 Å². The molecular formula is C12H15N3O5. The SMILES string of the molecule is COC(=O)CNC(=O)c1cc([N+](=O)[O-])ccc1N(C)C. The van der Waals surface area contributed by atoms with E-state index in [9.17, 15) is 19.7 Å². The minimum absolute atomic E-state index is 0.119. The summed E-state index contributed by atoms with van der Waals surface area (Å²) in [6, 6.07) is 3.96. The molecule has 0 atom stereocenters. The molecule has 0 heterocycles. The first-order valence-corrected chi connectivity index (χ1v) is 5.67. The molecule has 0 aromatic heterocycles. The van der Waals surface area contributed by atoms with Crippen LogP contribution in [0.2, 0.25) is 0 Å².